The fourth-order valence-electron chi connectivity index (χ4n) is 1.48. The molecule has 0 atom stereocenters. The quantitative estimate of drug-likeness (QED) is 0.649. The third kappa shape index (κ3) is 3.25. The molecule has 0 fully saturated rings. The van der Waals surface area contributed by atoms with Gasteiger partial charge >= 0.3 is 0 Å². The van der Waals surface area contributed by atoms with Crippen LogP contribution >= 0.6 is 39.0 Å². The lowest BCUT2D eigenvalue weighted by Gasteiger charge is -1.94. The van der Waals surface area contributed by atoms with Crippen molar-refractivity contribution in [2.75, 3.05) is 0 Å². The Kier molecular flexibility index (Phi) is 4.13. The molecule has 0 N–H and O–H groups in total. The van der Waals surface area contributed by atoms with E-state index in [4.69, 9.17) is 4.42 Å². The van der Waals surface area contributed by atoms with Gasteiger partial charge in [-0.2, -0.15) is 0 Å². The molecule has 0 amide bonds. The SMILES string of the molecule is Cc1nnc(SCc2nnc(-c3ccc(Br)cc3)o2)s1. The van der Waals surface area contributed by atoms with Crippen LogP contribution in [0.25, 0.3) is 11.5 Å². The van der Waals surface area contributed by atoms with Crippen LogP contribution in [0, 0.1) is 6.92 Å². The molecule has 0 aliphatic rings. The average Bonchev–Trinajstić information content (AvgIpc) is 3.06. The fraction of sp³-hybridized carbons (Fsp3) is 0.167. The zero-order chi connectivity index (χ0) is 13.9. The summed E-state index contributed by atoms with van der Waals surface area (Å²) in [5, 5.41) is 17.1. The van der Waals surface area contributed by atoms with Crippen molar-refractivity contribution in [2.45, 2.75) is 17.0 Å². The van der Waals surface area contributed by atoms with Gasteiger partial charge in [-0.3, -0.25) is 0 Å². The van der Waals surface area contributed by atoms with E-state index in [9.17, 15) is 0 Å². The maximum atomic E-state index is 5.64. The van der Waals surface area contributed by atoms with E-state index in [1.54, 1.807) is 23.1 Å². The van der Waals surface area contributed by atoms with Crippen LogP contribution in [0.3, 0.4) is 0 Å². The highest BCUT2D eigenvalue weighted by Gasteiger charge is 2.10. The summed E-state index contributed by atoms with van der Waals surface area (Å²) in [5.74, 6) is 1.71. The van der Waals surface area contributed by atoms with E-state index in [1.165, 1.54) is 0 Å². The summed E-state index contributed by atoms with van der Waals surface area (Å²) in [6, 6.07) is 7.75. The van der Waals surface area contributed by atoms with Crippen molar-refractivity contribution in [1.82, 2.24) is 20.4 Å². The van der Waals surface area contributed by atoms with Crippen LogP contribution in [0.4, 0.5) is 0 Å². The maximum Gasteiger partial charge on any atom is 0.247 e. The summed E-state index contributed by atoms with van der Waals surface area (Å²) in [5.41, 5.74) is 0.906. The number of hydrogen-bond acceptors (Lipinski definition) is 7. The highest BCUT2D eigenvalue weighted by molar-refractivity contribution is 9.10. The number of nitrogens with zero attached hydrogens (tertiary/aromatic N) is 4. The molecule has 0 aliphatic carbocycles. The standard InChI is InChI=1S/C12H9BrN4OS2/c1-7-14-17-12(20-7)19-6-10-15-16-11(18-10)8-2-4-9(13)5-3-8/h2-5H,6H2,1H3. The second kappa shape index (κ2) is 6.02. The number of aryl methyl sites for hydroxylation is 1. The molecule has 0 saturated heterocycles. The number of rotatable bonds is 4. The third-order valence-corrected chi connectivity index (χ3v) is 4.87. The van der Waals surface area contributed by atoms with Crippen LogP contribution in [0.1, 0.15) is 10.9 Å². The van der Waals surface area contributed by atoms with E-state index >= 15 is 0 Å². The number of benzene rings is 1. The molecule has 20 heavy (non-hydrogen) atoms. The molecule has 0 radical (unpaired) electrons. The molecule has 0 spiro atoms. The van der Waals surface area contributed by atoms with Crippen molar-refractivity contribution in [3.05, 3.63) is 39.6 Å². The minimum Gasteiger partial charge on any atom is -0.420 e. The molecule has 3 rings (SSSR count). The lowest BCUT2D eigenvalue weighted by molar-refractivity contribution is 0.528. The van der Waals surface area contributed by atoms with Gasteiger partial charge in [0.1, 0.15) is 5.01 Å². The largest absolute Gasteiger partial charge is 0.420 e. The minimum atomic E-state index is 0.529. The van der Waals surface area contributed by atoms with Crippen molar-refractivity contribution in [3.63, 3.8) is 0 Å². The summed E-state index contributed by atoms with van der Waals surface area (Å²) < 4.78 is 7.56. The average molecular weight is 369 g/mol. The van der Waals surface area contributed by atoms with Crippen LogP contribution in [-0.4, -0.2) is 20.4 Å². The summed E-state index contributed by atoms with van der Waals surface area (Å²) in [6.07, 6.45) is 0. The smallest absolute Gasteiger partial charge is 0.247 e. The van der Waals surface area contributed by atoms with Gasteiger partial charge in [-0.25, -0.2) is 0 Å². The first-order valence-corrected chi connectivity index (χ1v) is 8.31. The van der Waals surface area contributed by atoms with E-state index in [2.05, 4.69) is 36.3 Å². The molecule has 0 aliphatic heterocycles. The van der Waals surface area contributed by atoms with Crippen LogP contribution in [0.2, 0.25) is 0 Å². The van der Waals surface area contributed by atoms with Gasteiger partial charge in [-0.15, -0.1) is 20.4 Å². The minimum absolute atomic E-state index is 0.529. The van der Waals surface area contributed by atoms with Crippen molar-refractivity contribution in [1.29, 1.82) is 0 Å². The first-order valence-electron chi connectivity index (χ1n) is 5.72. The first kappa shape index (κ1) is 13.7. The third-order valence-electron chi connectivity index (χ3n) is 2.38. The maximum absolute atomic E-state index is 5.64. The fourth-order valence-corrected chi connectivity index (χ4v) is 3.40. The van der Waals surface area contributed by atoms with Gasteiger partial charge in [-0.05, 0) is 31.2 Å². The molecule has 0 unspecified atom stereocenters. The highest BCUT2D eigenvalue weighted by Crippen LogP contribution is 2.27. The summed E-state index contributed by atoms with van der Waals surface area (Å²) in [7, 11) is 0. The molecule has 2 heterocycles. The molecular formula is C12H9BrN4OS2. The van der Waals surface area contributed by atoms with Crippen LogP contribution in [0.5, 0.6) is 0 Å². The zero-order valence-corrected chi connectivity index (χ0v) is 13.6. The summed E-state index contributed by atoms with van der Waals surface area (Å²) in [6.45, 7) is 1.93. The Morgan fingerprint density at radius 1 is 1.15 bits per heavy atom. The molecule has 102 valence electrons. The van der Waals surface area contributed by atoms with Gasteiger partial charge in [0, 0.05) is 10.0 Å². The van der Waals surface area contributed by atoms with Gasteiger partial charge < -0.3 is 4.42 Å². The Morgan fingerprint density at radius 3 is 2.65 bits per heavy atom. The second-order valence-electron chi connectivity index (χ2n) is 3.88. The first-order chi connectivity index (χ1) is 9.70. The van der Waals surface area contributed by atoms with Gasteiger partial charge in [-0.1, -0.05) is 39.0 Å². The molecule has 5 nitrogen and oxygen atoms in total. The predicted octanol–water partition coefficient (Wildman–Crippen LogP) is 3.95. The Balaban J connectivity index is 1.69. The molecule has 0 saturated carbocycles. The molecular weight excluding hydrogens is 360 g/mol. The Bertz CT molecular complexity index is 710. The topological polar surface area (TPSA) is 64.7 Å². The zero-order valence-electron chi connectivity index (χ0n) is 10.4. The molecule has 8 heteroatoms. The Labute approximate surface area is 132 Å². The van der Waals surface area contributed by atoms with E-state index < -0.39 is 0 Å². The predicted molar refractivity (Wildman–Crippen MR) is 81.6 cm³/mol. The lowest BCUT2D eigenvalue weighted by Crippen LogP contribution is -1.80. The Hall–Kier alpha value is -1.25. The van der Waals surface area contributed by atoms with E-state index in [1.807, 2.05) is 31.2 Å². The van der Waals surface area contributed by atoms with Crippen LogP contribution in [0.15, 0.2) is 37.5 Å². The molecule has 1 aromatic carbocycles. The summed E-state index contributed by atoms with van der Waals surface area (Å²) >= 11 is 6.50. The van der Waals surface area contributed by atoms with Crippen LogP contribution in [-0.2, 0) is 5.75 Å². The lowest BCUT2D eigenvalue weighted by atomic mass is 10.2. The van der Waals surface area contributed by atoms with Crippen molar-refractivity contribution >= 4 is 39.0 Å². The number of hydrogen-bond donors (Lipinski definition) is 0. The van der Waals surface area contributed by atoms with Crippen molar-refractivity contribution < 1.29 is 4.42 Å². The molecule has 0 bridgehead atoms. The number of aromatic nitrogens is 4. The van der Waals surface area contributed by atoms with Crippen molar-refractivity contribution in [2.24, 2.45) is 0 Å². The van der Waals surface area contributed by atoms with E-state index in [-0.39, 0.29) is 0 Å². The van der Waals surface area contributed by atoms with Crippen LogP contribution < -0.4 is 0 Å². The normalized spacial score (nSPS) is 10.9. The van der Waals surface area contributed by atoms with Gasteiger partial charge in [0.25, 0.3) is 0 Å². The molecule has 2 aromatic heterocycles. The monoisotopic (exact) mass is 368 g/mol. The Morgan fingerprint density at radius 2 is 1.95 bits per heavy atom. The van der Waals surface area contributed by atoms with Gasteiger partial charge in [0.05, 0.1) is 5.75 Å². The number of thioether (sulfide) groups is 1. The number of halogens is 1. The second-order valence-corrected chi connectivity index (χ2v) is 7.20. The van der Waals surface area contributed by atoms with E-state index in [0.717, 1.165) is 19.4 Å². The highest BCUT2D eigenvalue weighted by atomic mass is 79.9. The summed E-state index contributed by atoms with van der Waals surface area (Å²) in [4.78, 5) is 0. The van der Waals surface area contributed by atoms with Gasteiger partial charge in [0.15, 0.2) is 4.34 Å². The molecule has 3 aromatic rings. The van der Waals surface area contributed by atoms with Gasteiger partial charge in [0.2, 0.25) is 11.8 Å². The van der Waals surface area contributed by atoms with Crippen molar-refractivity contribution in [3.8, 4) is 11.5 Å². The van der Waals surface area contributed by atoms with E-state index in [0.29, 0.717) is 17.5 Å².